The fourth-order valence-corrected chi connectivity index (χ4v) is 2.87. The van der Waals surface area contributed by atoms with E-state index in [1.807, 2.05) is 20.8 Å². The van der Waals surface area contributed by atoms with Gasteiger partial charge in [0.15, 0.2) is 0 Å². The van der Waals surface area contributed by atoms with Gasteiger partial charge in [-0.2, -0.15) is 0 Å². The molecule has 1 aliphatic carbocycles. The number of nitrogens with zero attached hydrogens (tertiary/aromatic N) is 1. The lowest BCUT2D eigenvalue weighted by Gasteiger charge is -2.30. The lowest BCUT2D eigenvalue weighted by molar-refractivity contribution is 0.0215. The number of hydrogen-bond acceptors (Lipinski definition) is 3. The van der Waals surface area contributed by atoms with Crippen molar-refractivity contribution >= 4 is 6.09 Å². The van der Waals surface area contributed by atoms with Crippen LogP contribution in [0.1, 0.15) is 40.0 Å². The standard InChI is InChI=1S/C13H21NO3/c1-12(2,3)17-11(15)14-7-6-13(9-4-5-9)10(8-14)16-13/h9-10H,4-8H2,1-3H3. The first kappa shape index (κ1) is 11.3. The average Bonchev–Trinajstić information content (AvgIpc) is 3.08. The fraction of sp³-hybridized carbons (Fsp3) is 0.923. The number of likely N-dealkylation sites (tertiary alicyclic amines) is 1. The molecule has 1 saturated carbocycles. The molecule has 4 heteroatoms. The Labute approximate surface area is 102 Å². The Kier molecular flexibility index (Phi) is 2.25. The van der Waals surface area contributed by atoms with Gasteiger partial charge in [-0.15, -0.1) is 0 Å². The molecule has 3 fully saturated rings. The van der Waals surface area contributed by atoms with Gasteiger partial charge in [0.05, 0.1) is 6.54 Å². The van der Waals surface area contributed by atoms with Crippen molar-refractivity contribution in [3.05, 3.63) is 0 Å². The number of carbonyl (C=O) groups is 1. The second-order valence-corrected chi connectivity index (χ2v) is 6.51. The van der Waals surface area contributed by atoms with Crippen LogP contribution in [-0.2, 0) is 9.47 Å². The van der Waals surface area contributed by atoms with Gasteiger partial charge in [-0.3, -0.25) is 0 Å². The van der Waals surface area contributed by atoms with Crippen LogP contribution in [0.4, 0.5) is 4.79 Å². The molecule has 0 aromatic rings. The first-order valence-electron chi connectivity index (χ1n) is 6.56. The third kappa shape index (κ3) is 2.03. The van der Waals surface area contributed by atoms with Crippen molar-refractivity contribution < 1.29 is 14.3 Å². The van der Waals surface area contributed by atoms with Gasteiger partial charge in [-0.05, 0) is 46.0 Å². The van der Waals surface area contributed by atoms with Gasteiger partial charge < -0.3 is 14.4 Å². The van der Waals surface area contributed by atoms with Crippen molar-refractivity contribution in [1.82, 2.24) is 4.90 Å². The molecule has 0 aromatic heterocycles. The zero-order valence-electron chi connectivity index (χ0n) is 10.9. The smallest absolute Gasteiger partial charge is 0.410 e. The molecule has 0 bridgehead atoms. The number of fused-ring (bicyclic) bond motifs is 1. The van der Waals surface area contributed by atoms with Crippen LogP contribution in [0, 0.1) is 5.92 Å². The first-order valence-corrected chi connectivity index (χ1v) is 6.56. The highest BCUT2D eigenvalue weighted by Crippen LogP contribution is 2.57. The summed E-state index contributed by atoms with van der Waals surface area (Å²) in [4.78, 5) is 13.7. The highest BCUT2D eigenvalue weighted by molar-refractivity contribution is 5.68. The molecule has 2 heterocycles. The molecule has 0 radical (unpaired) electrons. The summed E-state index contributed by atoms with van der Waals surface area (Å²) >= 11 is 0. The van der Waals surface area contributed by atoms with Crippen LogP contribution in [0.15, 0.2) is 0 Å². The number of epoxide rings is 1. The zero-order chi connectivity index (χ0) is 12.3. The average molecular weight is 239 g/mol. The molecule has 4 nitrogen and oxygen atoms in total. The summed E-state index contributed by atoms with van der Waals surface area (Å²) in [5.41, 5.74) is -0.259. The third-order valence-corrected chi connectivity index (χ3v) is 3.93. The van der Waals surface area contributed by atoms with Gasteiger partial charge in [-0.25, -0.2) is 4.79 Å². The van der Waals surface area contributed by atoms with Gasteiger partial charge in [0.25, 0.3) is 0 Å². The number of rotatable bonds is 1. The minimum absolute atomic E-state index is 0.151. The topological polar surface area (TPSA) is 42.1 Å². The van der Waals surface area contributed by atoms with Gasteiger partial charge >= 0.3 is 6.09 Å². The molecule has 3 aliphatic rings. The Balaban J connectivity index is 1.56. The molecule has 3 rings (SSSR count). The second-order valence-electron chi connectivity index (χ2n) is 6.51. The van der Waals surface area contributed by atoms with Crippen LogP contribution in [0.25, 0.3) is 0 Å². The van der Waals surface area contributed by atoms with Crippen molar-refractivity contribution in [2.45, 2.75) is 57.3 Å². The van der Waals surface area contributed by atoms with Crippen LogP contribution in [-0.4, -0.2) is 41.4 Å². The summed E-state index contributed by atoms with van der Waals surface area (Å²) in [6.07, 6.45) is 3.68. The summed E-state index contributed by atoms with van der Waals surface area (Å²) in [7, 11) is 0. The van der Waals surface area contributed by atoms with Crippen molar-refractivity contribution in [1.29, 1.82) is 0 Å². The second kappa shape index (κ2) is 3.37. The molecule has 0 N–H and O–H groups in total. The largest absolute Gasteiger partial charge is 0.444 e. The maximum Gasteiger partial charge on any atom is 0.410 e. The van der Waals surface area contributed by atoms with Crippen LogP contribution in [0.5, 0.6) is 0 Å². The molecule has 2 aliphatic heterocycles. The molecule has 1 amide bonds. The highest BCUT2D eigenvalue weighted by Gasteiger charge is 2.66. The lowest BCUT2D eigenvalue weighted by atomic mass is 9.92. The van der Waals surface area contributed by atoms with E-state index in [1.54, 1.807) is 4.90 Å². The van der Waals surface area contributed by atoms with Gasteiger partial charge in [0.1, 0.15) is 17.3 Å². The Morgan fingerprint density at radius 2 is 2.12 bits per heavy atom. The molecular formula is C13H21NO3. The van der Waals surface area contributed by atoms with Crippen LogP contribution in [0.2, 0.25) is 0 Å². The van der Waals surface area contributed by atoms with E-state index >= 15 is 0 Å². The molecule has 0 spiro atoms. The van der Waals surface area contributed by atoms with E-state index in [0.29, 0.717) is 6.54 Å². The summed E-state index contributed by atoms with van der Waals surface area (Å²) < 4.78 is 11.2. The highest BCUT2D eigenvalue weighted by atomic mass is 16.6. The van der Waals surface area contributed by atoms with Gasteiger partial charge in [0.2, 0.25) is 0 Å². The predicted molar refractivity (Wildman–Crippen MR) is 62.8 cm³/mol. The number of carbonyl (C=O) groups excluding carboxylic acids is 1. The van der Waals surface area contributed by atoms with Crippen LogP contribution < -0.4 is 0 Å². The van der Waals surface area contributed by atoms with Gasteiger partial charge in [0, 0.05) is 6.54 Å². The summed E-state index contributed by atoms with van der Waals surface area (Å²) in [6.45, 7) is 7.19. The Morgan fingerprint density at radius 3 is 2.65 bits per heavy atom. The molecule has 2 unspecified atom stereocenters. The van der Waals surface area contributed by atoms with Crippen molar-refractivity contribution in [3.8, 4) is 0 Å². The van der Waals surface area contributed by atoms with E-state index in [2.05, 4.69) is 0 Å². The van der Waals surface area contributed by atoms with E-state index in [1.165, 1.54) is 12.8 Å². The first-order chi connectivity index (χ1) is 7.91. The molecule has 2 saturated heterocycles. The number of ether oxygens (including phenoxy) is 2. The SMILES string of the molecule is CC(C)(C)OC(=O)N1CCC2(C3CC3)OC2C1. The molecule has 0 aromatic carbocycles. The maximum absolute atomic E-state index is 11.9. The quantitative estimate of drug-likeness (QED) is 0.659. The summed E-state index contributed by atoms with van der Waals surface area (Å²) in [6, 6.07) is 0. The Morgan fingerprint density at radius 1 is 1.41 bits per heavy atom. The number of hydrogen-bond donors (Lipinski definition) is 0. The van der Waals surface area contributed by atoms with Crippen LogP contribution in [0.3, 0.4) is 0 Å². The lowest BCUT2D eigenvalue weighted by Crippen LogP contribution is -2.45. The van der Waals surface area contributed by atoms with E-state index in [4.69, 9.17) is 9.47 Å². The minimum atomic E-state index is -0.410. The molecule has 96 valence electrons. The summed E-state index contributed by atoms with van der Waals surface area (Å²) in [5, 5.41) is 0. The third-order valence-electron chi connectivity index (χ3n) is 3.93. The number of piperidine rings is 1. The zero-order valence-corrected chi connectivity index (χ0v) is 10.9. The van der Waals surface area contributed by atoms with Crippen molar-refractivity contribution in [2.75, 3.05) is 13.1 Å². The maximum atomic E-state index is 11.9. The summed E-state index contributed by atoms with van der Waals surface area (Å²) in [5.74, 6) is 0.772. The van der Waals surface area contributed by atoms with Gasteiger partial charge in [-0.1, -0.05) is 0 Å². The van der Waals surface area contributed by atoms with E-state index < -0.39 is 5.60 Å². The van der Waals surface area contributed by atoms with Crippen molar-refractivity contribution in [3.63, 3.8) is 0 Å². The molecule has 17 heavy (non-hydrogen) atoms. The fourth-order valence-electron chi connectivity index (χ4n) is 2.87. The Hall–Kier alpha value is -0.770. The monoisotopic (exact) mass is 239 g/mol. The Bertz CT molecular complexity index is 345. The predicted octanol–water partition coefficient (Wildman–Crippen LogP) is 2.17. The number of amides is 1. The normalized spacial score (nSPS) is 36.4. The molecule has 2 atom stereocenters. The van der Waals surface area contributed by atoms with Crippen LogP contribution >= 0.6 is 0 Å². The minimum Gasteiger partial charge on any atom is -0.444 e. The molecular weight excluding hydrogens is 218 g/mol. The van der Waals surface area contributed by atoms with E-state index in [0.717, 1.165) is 18.9 Å². The van der Waals surface area contributed by atoms with E-state index in [9.17, 15) is 4.79 Å². The van der Waals surface area contributed by atoms with E-state index in [-0.39, 0.29) is 17.8 Å². The van der Waals surface area contributed by atoms with Crippen molar-refractivity contribution in [2.24, 2.45) is 5.92 Å².